The van der Waals surface area contributed by atoms with Crippen LogP contribution in [-0.2, 0) is 15.0 Å². The fraction of sp³-hybridized carbons (Fsp3) is 0.667. The molecule has 1 aliphatic rings. The lowest BCUT2D eigenvalue weighted by molar-refractivity contribution is -0.142. The Balaban J connectivity index is 2.08. The second kappa shape index (κ2) is 6.29. The predicted octanol–water partition coefficient (Wildman–Crippen LogP) is 1.72. The van der Waals surface area contributed by atoms with Crippen LogP contribution in [0.1, 0.15) is 38.3 Å². The molecule has 0 bridgehead atoms. The van der Waals surface area contributed by atoms with Crippen molar-refractivity contribution in [2.45, 2.75) is 32.6 Å². The third-order valence-corrected chi connectivity index (χ3v) is 5.77. The Morgan fingerprint density at radius 2 is 2.29 bits per heavy atom. The van der Waals surface area contributed by atoms with E-state index in [4.69, 9.17) is 5.11 Å². The Kier molecular flexibility index (Phi) is 4.84. The zero-order chi connectivity index (χ0) is 15.6. The van der Waals surface area contributed by atoms with Crippen LogP contribution in [0.15, 0.2) is 5.38 Å². The summed E-state index contributed by atoms with van der Waals surface area (Å²) in [6.07, 6.45) is 1.06. The molecule has 1 saturated heterocycles. The summed E-state index contributed by atoms with van der Waals surface area (Å²) in [6, 6.07) is 0. The maximum absolute atomic E-state index is 12.3. The molecule has 7 nitrogen and oxygen atoms in total. The third-order valence-electron chi connectivity index (χ3n) is 3.40. The van der Waals surface area contributed by atoms with E-state index < -0.39 is 22.1 Å². The van der Waals surface area contributed by atoms with Gasteiger partial charge in [-0.15, -0.1) is 11.3 Å². The lowest BCUT2D eigenvalue weighted by Crippen LogP contribution is -2.44. The Hall–Kier alpha value is -1.19. The largest absolute Gasteiger partial charge is 0.481 e. The number of carboxylic acids is 1. The predicted molar refractivity (Wildman–Crippen MR) is 80.7 cm³/mol. The smallest absolute Gasteiger partial charge is 0.307 e. The zero-order valence-electron chi connectivity index (χ0n) is 11.9. The molecule has 1 aliphatic heterocycles. The molecule has 0 aromatic carbocycles. The van der Waals surface area contributed by atoms with Crippen molar-refractivity contribution in [3.63, 3.8) is 0 Å². The molecule has 2 heterocycles. The number of hydrogen-bond donors (Lipinski definition) is 2. The molecule has 1 atom stereocenters. The molecule has 0 radical (unpaired) electrons. The number of carbonyl (C=O) groups is 1. The Morgan fingerprint density at radius 3 is 2.86 bits per heavy atom. The molecular weight excluding hydrogens is 314 g/mol. The van der Waals surface area contributed by atoms with Crippen molar-refractivity contribution in [2.75, 3.05) is 17.8 Å². The van der Waals surface area contributed by atoms with E-state index in [2.05, 4.69) is 9.71 Å². The molecule has 0 aliphatic carbocycles. The highest BCUT2D eigenvalue weighted by Gasteiger charge is 2.32. The van der Waals surface area contributed by atoms with Crippen LogP contribution in [0.4, 0.5) is 5.13 Å². The topological polar surface area (TPSA) is 99.6 Å². The second-order valence-electron chi connectivity index (χ2n) is 5.37. The summed E-state index contributed by atoms with van der Waals surface area (Å²) in [5.74, 6) is -1.37. The number of rotatable bonds is 5. The lowest BCUT2D eigenvalue weighted by Gasteiger charge is -2.29. The van der Waals surface area contributed by atoms with Gasteiger partial charge in [-0.3, -0.25) is 4.79 Å². The number of nitrogens with zero attached hydrogens (tertiary/aromatic N) is 2. The standard InChI is InChI=1S/C12H19N3O4S2/c1-8(2)10-7-20-12(13-10)14-21(18,19)15-5-3-4-9(6-15)11(16)17/h7-9H,3-6H2,1-2H3,(H,13,14)(H,16,17). The van der Waals surface area contributed by atoms with E-state index in [0.717, 1.165) is 5.69 Å². The molecule has 2 N–H and O–H groups in total. The monoisotopic (exact) mass is 333 g/mol. The number of aliphatic carboxylic acids is 1. The van der Waals surface area contributed by atoms with Crippen LogP contribution in [0.5, 0.6) is 0 Å². The van der Waals surface area contributed by atoms with E-state index in [-0.39, 0.29) is 12.5 Å². The van der Waals surface area contributed by atoms with Crippen LogP contribution >= 0.6 is 11.3 Å². The fourth-order valence-corrected chi connectivity index (χ4v) is 4.50. The summed E-state index contributed by atoms with van der Waals surface area (Å²) in [5.41, 5.74) is 0.833. The number of hydrogen-bond acceptors (Lipinski definition) is 5. The van der Waals surface area contributed by atoms with E-state index >= 15 is 0 Å². The SMILES string of the molecule is CC(C)c1csc(NS(=O)(=O)N2CCCC(C(=O)O)C2)n1. The molecule has 2 rings (SSSR count). The van der Waals surface area contributed by atoms with Crippen molar-refractivity contribution >= 4 is 32.6 Å². The molecule has 0 spiro atoms. The number of thiazole rings is 1. The zero-order valence-corrected chi connectivity index (χ0v) is 13.6. The van der Waals surface area contributed by atoms with Gasteiger partial charge in [-0.2, -0.15) is 12.7 Å². The minimum absolute atomic E-state index is 0.00702. The van der Waals surface area contributed by atoms with Gasteiger partial charge in [0.05, 0.1) is 11.6 Å². The van der Waals surface area contributed by atoms with Gasteiger partial charge in [0.25, 0.3) is 0 Å². The van der Waals surface area contributed by atoms with Gasteiger partial charge in [-0.05, 0) is 18.8 Å². The first-order chi connectivity index (χ1) is 9.79. The molecule has 1 fully saturated rings. The fourth-order valence-electron chi connectivity index (χ4n) is 2.14. The highest BCUT2D eigenvalue weighted by atomic mass is 32.2. The van der Waals surface area contributed by atoms with E-state index in [1.807, 2.05) is 19.2 Å². The highest BCUT2D eigenvalue weighted by Crippen LogP contribution is 2.25. The average Bonchev–Trinajstić information content (AvgIpc) is 2.87. The molecule has 1 unspecified atom stereocenters. The van der Waals surface area contributed by atoms with Crippen LogP contribution in [0, 0.1) is 5.92 Å². The van der Waals surface area contributed by atoms with Crippen molar-refractivity contribution in [2.24, 2.45) is 5.92 Å². The quantitative estimate of drug-likeness (QED) is 0.854. The van der Waals surface area contributed by atoms with E-state index in [0.29, 0.717) is 24.5 Å². The van der Waals surface area contributed by atoms with Crippen LogP contribution < -0.4 is 4.72 Å². The van der Waals surface area contributed by atoms with Gasteiger partial charge < -0.3 is 5.11 Å². The van der Waals surface area contributed by atoms with Gasteiger partial charge in [0.2, 0.25) is 0 Å². The van der Waals surface area contributed by atoms with Crippen molar-refractivity contribution in [1.29, 1.82) is 0 Å². The van der Waals surface area contributed by atoms with Crippen molar-refractivity contribution in [3.8, 4) is 0 Å². The van der Waals surface area contributed by atoms with Crippen LogP contribution in [0.3, 0.4) is 0 Å². The average molecular weight is 333 g/mol. The Labute approximate surface area is 128 Å². The number of anilines is 1. The first kappa shape index (κ1) is 16.2. The number of carboxylic acid groups (broad SMARTS) is 1. The van der Waals surface area contributed by atoms with Gasteiger partial charge in [-0.25, -0.2) is 9.71 Å². The minimum Gasteiger partial charge on any atom is -0.481 e. The summed E-state index contributed by atoms with van der Waals surface area (Å²) in [4.78, 5) is 15.2. The molecule has 1 aromatic rings. The normalized spacial score (nSPS) is 20.6. The van der Waals surface area contributed by atoms with Crippen LogP contribution in [-0.4, -0.2) is 41.9 Å². The first-order valence-corrected chi connectivity index (χ1v) is 9.07. The molecule has 0 saturated carbocycles. The van der Waals surface area contributed by atoms with Crippen LogP contribution in [0.2, 0.25) is 0 Å². The second-order valence-corrected chi connectivity index (χ2v) is 7.90. The van der Waals surface area contributed by atoms with Gasteiger partial charge in [0, 0.05) is 18.5 Å². The number of aromatic nitrogens is 1. The molecule has 118 valence electrons. The van der Waals surface area contributed by atoms with Gasteiger partial charge in [-0.1, -0.05) is 13.8 Å². The van der Waals surface area contributed by atoms with E-state index in [1.54, 1.807) is 0 Å². The number of piperidine rings is 1. The third kappa shape index (κ3) is 3.92. The summed E-state index contributed by atoms with van der Waals surface area (Å²) in [6.45, 7) is 4.31. The van der Waals surface area contributed by atoms with Gasteiger partial charge in [0.15, 0.2) is 5.13 Å². The number of nitrogens with one attached hydrogen (secondary N) is 1. The van der Waals surface area contributed by atoms with Gasteiger partial charge >= 0.3 is 16.2 Å². The summed E-state index contributed by atoms with van der Waals surface area (Å²) < 4.78 is 28.2. The van der Waals surface area contributed by atoms with E-state index in [1.165, 1.54) is 15.6 Å². The Bertz CT molecular complexity index is 612. The first-order valence-electron chi connectivity index (χ1n) is 6.75. The van der Waals surface area contributed by atoms with Gasteiger partial charge in [0.1, 0.15) is 0 Å². The molecule has 21 heavy (non-hydrogen) atoms. The summed E-state index contributed by atoms with van der Waals surface area (Å²) >= 11 is 1.23. The lowest BCUT2D eigenvalue weighted by atomic mass is 10.0. The summed E-state index contributed by atoms with van der Waals surface area (Å²) in [7, 11) is -3.75. The maximum atomic E-state index is 12.3. The molecular formula is C12H19N3O4S2. The molecule has 9 heteroatoms. The highest BCUT2D eigenvalue weighted by molar-refractivity contribution is 7.90. The Morgan fingerprint density at radius 1 is 1.57 bits per heavy atom. The van der Waals surface area contributed by atoms with Crippen LogP contribution in [0.25, 0.3) is 0 Å². The summed E-state index contributed by atoms with van der Waals surface area (Å²) in [5, 5.41) is 11.2. The molecule has 1 aromatic heterocycles. The van der Waals surface area contributed by atoms with Crippen molar-refractivity contribution in [3.05, 3.63) is 11.1 Å². The minimum atomic E-state index is -3.75. The molecule has 0 amide bonds. The van der Waals surface area contributed by atoms with Crippen molar-refractivity contribution < 1.29 is 18.3 Å². The van der Waals surface area contributed by atoms with E-state index in [9.17, 15) is 13.2 Å². The van der Waals surface area contributed by atoms with Crippen molar-refractivity contribution in [1.82, 2.24) is 9.29 Å². The maximum Gasteiger partial charge on any atom is 0.307 e.